The van der Waals surface area contributed by atoms with Gasteiger partial charge in [-0.05, 0) is 43.9 Å². The fourth-order valence-electron chi connectivity index (χ4n) is 5.33. The summed E-state index contributed by atoms with van der Waals surface area (Å²) in [4.78, 5) is 15.2. The summed E-state index contributed by atoms with van der Waals surface area (Å²) >= 11 is 0. The molecule has 1 aliphatic heterocycles. The molecule has 3 aromatic rings. The second-order valence-corrected chi connectivity index (χ2v) is 9.01. The number of rotatable bonds is 7. The predicted octanol–water partition coefficient (Wildman–Crippen LogP) is 5.39. The zero-order valence-electron chi connectivity index (χ0n) is 20.6. The topological polar surface area (TPSA) is 50.2 Å². The Labute approximate surface area is 208 Å². The number of carbonyl (C=O) groups excluding carboxylic acids is 1. The molecule has 0 radical (unpaired) electrons. The third kappa shape index (κ3) is 4.89. The number of carbonyl (C=O) groups is 1. The van der Waals surface area contributed by atoms with Gasteiger partial charge in [-0.1, -0.05) is 42.5 Å². The van der Waals surface area contributed by atoms with Crippen LogP contribution in [0.2, 0.25) is 0 Å². The van der Waals surface area contributed by atoms with E-state index in [1.807, 2.05) is 48.9 Å². The molecular formula is C27H30F4N4O. The number of aromatic nitrogens is 2. The minimum Gasteiger partial charge on any atom is -0.358 e. The van der Waals surface area contributed by atoms with Crippen molar-refractivity contribution in [3.8, 4) is 0 Å². The average molecular weight is 503 g/mol. The zero-order valence-corrected chi connectivity index (χ0v) is 20.6. The van der Waals surface area contributed by atoms with Gasteiger partial charge in [0.2, 0.25) is 5.91 Å². The first kappa shape index (κ1) is 25.9. The van der Waals surface area contributed by atoms with Crippen LogP contribution in [0, 0.1) is 12.7 Å². The molecule has 4 rings (SSSR count). The molecule has 0 aliphatic carbocycles. The number of alkyl halides is 3. The second kappa shape index (κ2) is 10.4. The van der Waals surface area contributed by atoms with Crippen molar-refractivity contribution in [1.82, 2.24) is 20.0 Å². The maximum Gasteiger partial charge on any atom is 0.419 e. The van der Waals surface area contributed by atoms with Gasteiger partial charge in [0.1, 0.15) is 11.9 Å². The molecule has 9 heteroatoms. The van der Waals surface area contributed by atoms with Gasteiger partial charge in [-0.15, -0.1) is 0 Å². The standard InChI is InChI=1S/C27H30F4N4O/c1-4-35-22-15-16-34(25(26(36)32-3)19-9-6-5-7-10-19)21(23(22)17(2)33-35)14-13-18-11-8-12-20(24(18)28)27(29,30)31/h5-12,21,25H,4,13-16H2,1-3H3,(H,32,36). The number of hydrogen-bond donors (Lipinski definition) is 1. The van der Waals surface area contributed by atoms with Crippen molar-refractivity contribution in [1.29, 1.82) is 0 Å². The molecule has 1 aromatic heterocycles. The van der Waals surface area contributed by atoms with Crippen LogP contribution in [0.1, 0.15) is 59.1 Å². The molecule has 192 valence electrons. The lowest BCUT2D eigenvalue weighted by Crippen LogP contribution is -2.45. The van der Waals surface area contributed by atoms with Crippen LogP contribution < -0.4 is 5.32 Å². The summed E-state index contributed by atoms with van der Waals surface area (Å²) in [5, 5.41) is 7.44. The molecule has 2 unspecified atom stereocenters. The highest BCUT2D eigenvalue weighted by Crippen LogP contribution is 2.41. The highest BCUT2D eigenvalue weighted by molar-refractivity contribution is 5.83. The Morgan fingerprint density at radius 2 is 1.89 bits per heavy atom. The highest BCUT2D eigenvalue weighted by Gasteiger charge is 2.40. The number of amides is 1. The summed E-state index contributed by atoms with van der Waals surface area (Å²) in [6.45, 7) is 5.15. The van der Waals surface area contributed by atoms with E-state index >= 15 is 0 Å². The molecule has 0 bridgehead atoms. The summed E-state index contributed by atoms with van der Waals surface area (Å²) in [5.74, 6) is -1.42. The number of hydrogen-bond acceptors (Lipinski definition) is 3. The molecule has 5 nitrogen and oxygen atoms in total. The molecule has 2 atom stereocenters. The van der Waals surface area contributed by atoms with Crippen LogP contribution in [0.25, 0.3) is 0 Å². The number of likely N-dealkylation sites (N-methyl/N-ethyl adjacent to an activating group) is 1. The van der Waals surface area contributed by atoms with Gasteiger partial charge < -0.3 is 5.32 Å². The van der Waals surface area contributed by atoms with Crippen molar-refractivity contribution in [2.75, 3.05) is 13.6 Å². The summed E-state index contributed by atoms with van der Waals surface area (Å²) in [6, 6.07) is 11.9. The van der Waals surface area contributed by atoms with Crippen molar-refractivity contribution >= 4 is 5.91 Å². The van der Waals surface area contributed by atoms with E-state index in [0.717, 1.165) is 28.6 Å². The first-order valence-electron chi connectivity index (χ1n) is 12.1. The van der Waals surface area contributed by atoms with Crippen LogP contribution in [-0.4, -0.2) is 34.2 Å². The van der Waals surface area contributed by atoms with Crippen molar-refractivity contribution in [2.24, 2.45) is 0 Å². The van der Waals surface area contributed by atoms with Gasteiger partial charge in [0.05, 0.1) is 11.3 Å². The molecule has 0 saturated heterocycles. The average Bonchev–Trinajstić information content (AvgIpc) is 3.19. The number of fused-ring (bicyclic) bond motifs is 1. The van der Waals surface area contributed by atoms with Crippen LogP contribution >= 0.6 is 0 Å². The normalized spacial score (nSPS) is 17.0. The maximum absolute atomic E-state index is 14.8. The summed E-state index contributed by atoms with van der Waals surface area (Å²) < 4.78 is 56.7. The number of aryl methyl sites for hydroxylation is 3. The van der Waals surface area contributed by atoms with Gasteiger partial charge in [0.25, 0.3) is 0 Å². The monoisotopic (exact) mass is 502 g/mol. The van der Waals surface area contributed by atoms with Crippen LogP contribution in [-0.2, 0) is 30.4 Å². The predicted molar refractivity (Wildman–Crippen MR) is 129 cm³/mol. The van der Waals surface area contributed by atoms with Gasteiger partial charge in [-0.3, -0.25) is 14.4 Å². The molecule has 1 N–H and O–H groups in total. The smallest absolute Gasteiger partial charge is 0.358 e. The summed E-state index contributed by atoms with van der Waals surface area (Å²) in [6.07, 6.45) is -3.66. The van der Waals surface area contributed by atoms with Gasteiger partial charge in [0.15, 0.2) is 0 Å². The third-order valence-corrected chi connectivity index (χ3v) is 6.94. The lowest BCUT2D eigenvalue weighted by atomic mass is 9.88. The molecule has 0 saturated carbocycles. The van der Waals surface area contributed by atoms with Crippen LogP contribution in [0.15, 0.2) is 48.5 Å². The summed E-state index contributed by atoms with van der Waals surface area (Å²) in [7, 11) is 1.58. The van der Waals surface area contributed by atoms with E-state index < -0.39 is 23.6 Å². The number of nitrogens with one attached hydrogen (secondary N) is 1. The lowest BCUT2D eigenvalue weighted by molar-refractivity contribution is -0.140. The van der Waals surface area contributed by atoms with Crippen LogP contribution in [0.3, 0.4) is 0 Å². The molecule has 36 heavy (non-hydrogen) atoms. The summed E-state index contributed by atoms with van der Waals surface area (Å²) in [5.41, 5.74) is 2.41. The lowest BCUT2D eigenvalue weighted by Gasteiger charge is -2.41. The Bertz CT molecular complexity index is 1220. The van der Waals surface area contributed by atoms with E-state index in [0.29, 0.717) is 25.9 Å². The molecule has 2 aromatic carbocycles. The van der Waals surface area contributed by atoms with Crippen molar-refractivity contribution in [2.45, 2.75) is 57.9 Å². The van der Waals surface area contributed by atoms with E-state index in [1.54, 1.807) is 7.05 Å². The zero-order chi connectivity index (χ0) is 26.0. The van der Waals surface area contributed by atoms with E-state index in [9.17, 15) is 22.4 Å². The van der Waals surface area contributed by atoms with Gasteiger partial charge in [-0.2, -0.15) is 18.3 Å². The van der Waals surface area contributed by atoms with Crippen LogP contribution in [0.5, 0.6) is 0 Å². The van der Waals surface area contributed by atoms with Crippen molar-refractivity contribution in [3.05, 3.63) is 88.0 Å². The van der Waals surface area contributed by atoms with E-state index in [1.165, 1.54) is 12.1 Å². The Morgan fingerprint density at radius 3 is 2.53 bits per heavy atom. The fourth-order valence-corrected chi connectivity index (χ4v) is 5.33. The van der Waals surface area contributed by atoms with E-state index in [-0.39, 0.29) is 23.9 Å². The third-order valence-electron chi connectivity index (χ3n) is 6.94. The molecule has 1 amide bonds. The van der Waals surface area contributed by atoms with Crippen molar-refractivity contribution in [3.63, 3.8) is 0 Å². The Balaban J connectivity index is 1.76. The first-order valence-corrected chi connectivity index (χ1v) is 12.1. The van der Waals surface area contributed by atoms with E-state index in [2.05, 4.69) is 15.3 Å². The van der Waals surface area contributed by atoms with E-state index in [4.69, 9.17) is 0 Å². The van der Waals surface area contributed by atoms with Gasteiger partial charge in [0, 0.05) is 43.9 Å². The molecular weight excluding hydrogens is 472 g/mol. The SMILES string of the molecule is CCn1nc(C)c2c1CCN(C(C(=O)NC)c1ccccc1)C2CCc1cccc(C(F)(F)F)c1F. The molecule has 2 heterocycles. The Hall–Kier alpha value is -3.20. The quantitative estimate of drug-likeness (QED) is 0.441. The molecule has 1 aliphatic rings. The Kier molecular flexibility index (Phi) is 7.49. The fraction of sp³-hybridized carbons (Fsp3) is 0.407. The molecule has 0 spiro atoms. The highest BCUT2D eigenvalue weighted by atomic mass is 19.4. The molecule has 0 fully saturated rings. The minimum absolute atomic E-state index is 0.00800. The number of halogens is 4. The minimum atomic E-state index is -4.76. The number of benzene rings is 2. The Morgan fingerprint density at radius 1 is 1.17 bits per heavy atom. The van der Waals surface area contributed by atoms with Crippen molar-refractivity contribution < 1.29 is 22.4 Å². The van der Waals surface area contributed by atoms with Gasteiger partial charge >= 0.3 is 6.18 Å². The largest absolute Gasteiger partial charge is 0.419 e. The van der Waals surface area contributed by atoms with Gasteiger partial charge in [-0.25, -0.2) is 4.39 Å². The second-order valence-electron chi connectivity index (χ2n) is 9.01. The number of nitrogens with zero attached hydrogens (tertiary/aromatic N) is 3. The first-order chi connectivity index (χ1) is 17.2. The maximum atomic E-state index is 14.8. The van der Waals surface area contributed by atoms with Crippen LogP contribution in [0.4, 0.5) is 17.6 Å².